The van der Waals surface area contributed by atoms with Crippen molar-refractivity contribution < 1.29 is 9.21 Å². The van der Waals surface area contributed by atoms with E-state index >= 15 is 0 Å². The Morgan fingerprint density at radius 1 is 1.10 bits per heavy atom. The molecule has 0 aliphatic carbocycles. The fourth-order valence-electron chi connectivity index (χ4n) is 3.16. The van der Waals surface area contributed by atoms with Gasteiger partial charge in [0.25, 0.3) is 11.5 Å². The number of carbonyl (C=O) groups excluding carboxylic acids is 1. The van der Waals surface area contributed by atoms with E-state index in [1.165, 1.54) is 17.9 Å². The summed E-state index contributed by atoms with van der Waals surface area (Å²) >= 11 is 1.56. The van der Waals surface area contributed by atoms with Crippen LogP contribution in [0.3, 0.4) is 0 Å². The number of carbonyl (C=O) groups is 1. The number of rotatable bonds is 6. The molecule has 3 aromatic heterocycles. The van der Waals surface area contributed by atoms with Gasteiger partial charge in [0.1, 0.15) is 11.3 Å². The molecule has 0 fully saturated rings. The van der Waals surface area contributed by atoms with E-state index < -0.39 is 11.5 Å². The van der Waals surface area contributed by atoms with Gasteiger partial charge in [0.15, 0.2) is 0 Å². The van der Waals surface area contributed by atoms with Crippen molar-refractivity contribution in [1.29, 1.82) is 0 Å². The van der Waals surface area contributed by atoms with Gasteiger partial charge in [-0.2, -0.15) is 0 Å². The number of aromatic nitrogens is 1. The lowest BCUT2D eigenvalue weighted by Gasteiger charge is -2.18. The molecular weight excluding hydrogens is 384 g/mol. The summed E-state index contributed by atoms with van der Waals surface area (Å²) in [7, 11) is 0. The molecule has 2 N–H and O–H groups in total. The van der Waals surface area contributed by atoms with Crippen LogP contribution >= 0.6 is 11.3 Å². The Kier molecular flexibility index (Phi) is 5.44. The highest BCUT2D eigenvalue weighted by atomic mass is 32.1. The minimum atomic E-state index is -0.456. The third kappa shape index (κ3) is 4.07. The number of furan rings is 1. The molecule has 6 heteroatoms. The molecule has 5 nitrogen and oxygen atoms in total. The molecule has 1 amide bonds. The Labute approximate surface area is 172 Å². The first-order chi connectivity index (χ1) is 14.2. The Morgan fingerprint density at radius 2 is 1.93 bits per heavy atom. The van der Waals surface area contributed by atoms with Gasteiger partial charge in [-0.1, -0.05) is 37.3 Å². The topological polar surface area (TPSA) is 75.1 Å². The number of thiophene rings is 1. The largest absolute Gasteiger partial charge is 0.463 e. The van der Waals surface area contributed by atoms with Crippen LogP contribution < -0.4 is 10.9 Å². The lowest BCUT2D eigenvalue weighted by Crippen LogP contribution is -2.33. The third-order valence-corrected chi connectivity index (χ3v) is 5.70. The second-order valence-corrected chi connectivity index (χ2v) is 7.59. The van der Waals surface area contributed by atoms with E-state index in [0.29, 0.717) is 11.5 Å². The summed E-state index contributed by atoms with van der Waals surface area (Å²) in [5.74, 6) is 0.122. The van der Waals surface area contributed by atoms with Crippen LogP contribution in [-0.2, 0) is 6.42 Å². The first-order valence-electron chi connectivity index (χ1n) is 9.36. The van der Waals surface area contributed by atoms with Gasteiger partial charge >= 0.3 is 0 Å². The smallest absolute Gasteiger partial charge is 0.261 e. The molecule has 3 heterocycles. The molecular formula is C23H20N2O3S. The van der Waals surface area contributed by atoms with Crippen LogP contribution in [0.1, 0.15) is 39.3 Å². The van der Waals surface area contributed by atoms with Crippen molar-refractivity contribution in [3.05, 3.63) is 104 Å². The second-order valence-electron chi connectivity index (χ2n) is 6.61. The Morgan fingerprint density at radius 3 is 2.55 bits per heavy atom. The minimum absolute atomic E-state index is 0.0621. The summed E-state index contributed by atoms with van der Waals surface area (Å²) < 4.78 is 5.30. The van der Waals surface area contributed by atoms with E-state index in [2.05, 4.69) is 29.4 Å². The molecule has 0 saturated heterocycles. The van der Waals surface area contributed by atoms with Gasteiger partial charge in [0, 0.05) is 4.88 Å². The average molecular weight is 404 g/mol. The van der Waals surface area contributed by atoms with Gasteiger partial charge in [-0.3, -0.25) is 9.59 Å². The van der Waals surface area contributed by atoms with Crippen LogP contribution in [-0.4, -0.2) is 10.9 Å². The number of hydrogen-bond donors (Lipinski definition) is 2. The number of benzene rings is 1. The Hall–Kier alpha value is -3.38. The standard InChI is InChI=1S/C23H20N2O3S/c1-2-15-7-9-16(10-8-15)21(20-6-4-14-29-20)25-23(27)17-11-12-18(24-22(17)26)19-5-3-13-28-19/h3-14,21H,2H2,1H3,(H,24,26)(H,25,27). The molecule has 0 saturated carbocycles. The number of aromatic amines is 1. The van der Waals surface area contributed by atoms with Gasteiger partial charge in [-0.15, -0.1) is 11.3 Å². The molecule has 0 aliphatic heterocycles. The third-order valence-electron chi connectivity index (χ3n) is 4.77. The molecule has 1 atom stereocenters. The van der Waals surface area contributed by atoms with Gasteiger partial charge in [0.05, 0.1) is 18.0 Å². The highest BCUT2D eigenvalue weighted by molar-refractivity contribution is 7.10. The van der Waals surface area contributed by atoms with Gasteiger partial charge in [0.2, 0.25) is 0 Å². The number of H-pyrrole nitrogens is 1. The van der Waals surface area contributed by atoms with E-state index in [9.17, 15) is 9.59 Å². The number of amides is 1. The van der Waals surface area contributed by atoms with Crippen molar-refractivity contribution in [1.82, 2.24) is 10.3 Å². The van der Waals surface area contributed by atoms with E-state index in [1.807, 2.05) is 29.6 Å². The number of pyridine rings is 1. The van der Waals surface area contributed by atoms with Crippen molar-refractivity contribution in [3.8, 4) is 11.5 Å². The predicted molar refractivity (Wildman–Crippen MR) is 114 cm³/mol. The van der Waals surface area contributed by atoms with Crippen LogP contribution in [0.2, 0.25) is 0 Å². The van der Waals surface area contributed by atoms with Gasteiger partial charge in [-0.05, 0) is 53.3 Å². The van der Waals surface area contributed by atoms with Crippen LogP contribution in [0, 0.1) is 0 Å². The SMILES string of the molecule is CCc1ccc(C(NC(=O)c2ccc(-c3ccco3)[nH]c2=O)c2cccs2)cc1. The van der Waals surface area contributed by atoms with Crippen molar-refractivity contribution in [3.63, 3.8) is 0 Å². The Balaban J connectivity index is 1.62. The Bertz CT molecular complexity index is 1140. The maximum atomic E-state index is 12.9. The molecule has 4 aromatic rings. The maximum absolute atomic E-state index is 12.9. The van der Waals surface area contributed by atoms with Gasteiger partial charge < -0.3 is 14.7 Å². The molecule has 4 rings (SSSR count). The van der Waals surface area contributed by atoms with E-state index in [1.54, 1.807) is 29.5 Å². The van der Waals surface area contributed by atoms with E-state index in [0.717, 1.165) is 16.9 Å². The fourth-order valence-corrected chi connectivity index (χ4v) is 3.96. The molecule has 146 valence electrons. The summed E-state index contributed by atoms with van der Waals surface area (Å²) in [5, 5.41) is 4.98. The summed E-state index contributed by atoms with van der Waals surface area (Å²) in [5.41, 5.74) is 2.34. The molecule has 29 heavy (non-hydrogen) atoms. The number of nitrogens with one attached hydrogen (secondary N) is 2. The second kappa shape index (κ2) is 8.32. The maximum Gasteiger partial charge on any atom is 0.261 e. The summed E-state index contributed by atoms with van der Waals surface area (Å²) in [6, 6.07) is 18.5. The predicted octanol–water partition coefficient (Wildman–Crippen LogP) is 4.78. The molecule has 0 spiro atoms. The first-order valence-corrected chi connectivity index (χ1v) is 10.2. The highest BCUT2D eigenvalue weighted by Gasteiger charge is 2.21. The zero-order chi connectivity index (χ0) is 20.2. The zero-order valence-electron chi connectivity index (χ0n) is 15.8. The normalized spacial score (nSPS) is 11.9. The summed E-state index contributed by atoms with van der Waals surface area (Å²) in [6.45, 7) is 2.10. The van der Waals surface area contributed by atoms with Crippen LogP contribution in [0.4, 0.5) is 0 Å². The average Bonchev–Trinajstić information content (AvgIpc) is 3.46. The van der Waals surface area contributed by atoms with E-state index in [4.69, 9.17) is 4.42 Å². The van der Waals surface area contributed by atoms with Crippen molar-refractivity contribution in [2.75, 3.05) is 0 Å². The molecule has 0 radical (unpaired) electrons. The quantitative estimate of drug-likeness (QED) is 0.486. The van der Waals surface area contributed by atoms with Crippen molar-refractivity contribution >= 4 is 17.2 Å². The lowest BCUT2D eigenvalue weighted by atomic mass is 10.0. The summed E-state index contributed by atoms with van der Waals surface area (Å²) in [6.07, 6.45) is 2.48. The van der Waals surface area contributed by atoms with Crippen LogP contribution in [0.25, 0.3) is 11.5 Å². The van der Waals surface area contributed by atoms with Crippen molar-refractivity contribution in [2.45, 2.75) is 19.4 Å². The molecule has 1 unspecified atom stereocenters. The monoisotopic (exact) mass is 404 g/mol. The van der Waals surface area contributed by atoms with Crippen molar-refractivity contribution in [2.24, 2.45) is 0 Å². The van der Waals surface area contributed by atoms with Crippen LogP contribution in [0.15, 0.2) is 81.5 Å². The number of aryl methyl sites for hydroxylation is 1. The highest BCUT2D eigenvalue weighted by Crippen LogP contribution is 2.27. The summed E-state index contributed by atoms with van der Waals surface area (Å²) in [4.78, 5) is 29.1. The lowest BCUT2D eigenvalue weighted by molar-refractivity contribution is 0.0942. The minimum Gasteiger partial charge on any atom is -0.463 e. The van der Waals surface area contributed by atoms with Crippen LogP contribution in [0.5, 0.6) is 0 Å². The molecule has 1 aromatic carbocycles. The fraction of sp³-hybridized carbons (Fsp3) is 0.130. The number of hydrogen-bond acceptors (Lipinski definition) is 4. The zero-order valence-corrected chi connectivity index (χ0v) is 16.7. The van der Waals surface area contributed by atoms with E-state index in [-0.39, 0.29) is 11.6 Å². The molecule has 0 aliphatic rings. The van der Waals surface area contributed by atoms with Gasteiger partial charge in [-0.25, -0.2) is 0 Å². The first kappa shape index (κ1) is 19.0. The molecule has 0 bridgehead atoms.